The standard InChI is InChI=1S/C11H8N4O2S/c1-14-5-4-13-11(14)18-10-3-2-8(7-12)6-9(10)15(16)17/h2-6H,1H3. The van der Waals surface area contributed by atoms with E-state index in [1.54, 1.807) is 29.1 Å². The molecule has 0 fully saturated rings. The lowest BCUT2D eigenvalue weighted by molar-refractivity contribution is -0.387. The summed E-state index contributed by atoms with van der Waals surface area (Å²) in [5.41, 5.74) is 0.188. The van der Waals surface area contributed by atoms with Crippen LogP contribution in [0.4, 0.5) is 5.69 Å². The van der Waals surface area contributed by atoms with E-state index in [1.807, 2.05) is 13.1 Å². The molecule has 0 unspecified atom stereocenters. The number of rotatable bonds is 3. The molecule has 6 nitrogen and oxygen atoms in total. The van der Waals surface area contributed by atoms with Crippen molar-refractivity contribution in [3.8, 4) is 6.07 Å². The van der Waals surface area contributed by atoms with Crippen LogP contribution in [0.5, 0.6) is 0 Å². The molecule has 1 aromatic carbocycles. The number of aromatic nitrogens is 2. The van der Waals surface area contributed by atoms with Crippen molar-refractivity contribution in [2.24, 2.45) is 7.05 Å². The highest BCUT2D eigenvalue weighted by Gasteiger charge is 2.17. The molecule has 0 aliphatic rings. The molecule has 1 heterocycles. The van der Waals surface area contributed by atoms with Crippen molar-refractivity contribution >= 4 is 17.4 Å². The zero-order valence-electron chi connectivity index (χ0n) is 9.40. The van der Waals surface area contributed by atoms with Gasteiger partial charge in [-0.2, -0.15) is 5.26 Å². The van der Waals surface area contributed by atoms with Crippen LogP contribution in [-0.2, 0) is 7.05 Å². The van der Waals surface area contributed by atoms with Gasteiger partial charge in [-0.3, -0.25) is 10.1 Å². The third kappa shape index (κ3) is 2.33. The normalized spacial score (nSPS) is 10.0. The van der Waals surface area contributed by atoms with Gasteiger partial charge in [-0.15, -0.1) is 0 Å². The number of benzene rings is 1. The number of hydrogen-bond acceptors (Lipinski definition) is 5. The molecule has 0 saturated heterocycles. The van der Waals surface area contributed by atoms with Gasteiger partial charge < -0.3 is 4.57 Å². The lowest BCUT2D eigenvalue weighted by Crippen LogP contribution is -1.94. The first-order valence-electron chi connectivity index (χ1n) is 4.95. The molecule has 0 atom stereocenters. The van der Waals surface area contributed by atoms with E-state index in [2.05, 4.69) is 4.98 Å². The summed E-state index contributed by atoms with van der Waals surface area (Å²) in [6, 6.07) is 6.27. The Morgan fingerprint density at radius 2 is 2.33 bits per heavy atom. The van der Waals surface area contributed by atoms with Gasteiger partial charge in [-0.25, -0.2) is 4.98 Å². The minimum absolute atomic E-state index is 0.0814. The maximum Gasteiger partial charge on any atom is 0.284 e. The van der Waals surface area contributed by atoms with E-state index in [0.717, 1.165) is 0 Å². The van der Waals surface area contributed by atoms with Crippen molar-refractivity contribution in [2.75, 3.05) is 0 Å². The van der Waals surface area contributed by atoms with E-state index in [1.165, 1.54) is 17.8 Å². The fraction of sp³-hybridized carbons (Fsp3) is 0.0909. The summed E-state index contributed by atoms with van der Waals surface area (Å²) in [4.78, 5) is 15.0. The second kappa shape index (κ2) is 4.89. The van der Waals surface area contributed by atoms with Gasteiger partial charge in [0, 0.05) is 25.5 Å². The average Bonchev–Trinajstić information content (AvgIpc) is 2.75. The molecule has 1 aromatic heterocycles. The second-order valence-electron chi connectivity index (χ2n) is 3.47. The molecule has 90 valence electrons. The van der Waals surface area contributed by atoms with Crippen LogP contribution < -0.4 is 0 Å². The summed E-state index contributed by atoms with van der Waals surface area (Å²) < 4.78 is 1.77. The van der Waals surface area contributed by atoms with Crippen LogP contribution in [0.25, 0.3) is 0 Å². The van der Waals surface area contributed by atoms with Gasteiger partial charge in [-0.05, 0) is 23.9 Å². The van der Waals surface area contributed by atoms with Gasteiger partial charge in [0.2, 0.25) is 0 Å². The fourth-order valence-corrected chi connectivity index (χ4v) is 2.25. The van der Waals surface area contributed by atoms with Gasteiger partial charge in [-0.1, -0.05) is 0 Å². The highest BCUT2D eigenvalue weighted by Crippen LogP contribution is 2.34. The maximum atomic E-state index is 11.0. The first-order valence-corrected chi connectivity index (χ1v) is 5.77. The molecule has 0 amide bonds. The minimum Gasteiger partial charge on any atom is -0.329 e. The highest BCUT2D eigenvalue weighted by molar-refractivity contribution is 7.99. The Balaban J connectivity index is 2.42. The third-order valence-electron chi connectivity index (χ3n) is 2.26. The van der Waals surface area contributed by atoms with Crippen LogP contribution in [0.15, 0.2) is 40.6 Å². The maximum absolute atomic E-state index is 11.0. The summed E-state index contributed by atoms with van der Waals surface area (Å²) in [6.45, 7) is 0. The molecule has 0 bridgehead atoms. The summed E-state index contributed by atoms with van der Waals surface area (Å²) in [5.74, 6) is 0. The van der Waals surface area contributed by atoms with E-state index < -0.39 is 4.92 Å². The van der Waals surface area contributed by atoms with Gasteiger partial charge in [0.25, 0.3) is 5.69 Å². The molecular weight excluding hydrogens is 252 g/mol. The van der Waals surface area contributed by atoms with Crippen LogP contribution >= 0.6 is 11.8 Å². The Morgan fingerprint density at radius 1 is 1.56 bits per heavy atom. The van der Waals surface area contributed by atoms with E-state index in [0.29, 0.717) is 10.1 Å². The number of nitrogens with zero attached hydrogens (tertiary/aromatic N) is 4. The Bertz CT molecular complexity index is 645. The Hall–Kier alpha value is -2.33. The lowest BCUT2D eigenvalue weighted by atomic mass is 10.2. The largest absolute Gasteiger partial charge is 0.329 e. The quantitative estimate of drug-likeness (QED) is 0.624. The molecule has 0 aliphatic heterocycles. The molecule has 7 heteroatoms. The van der Waals surface area contributed by atoms with Crippen molar-refractivity contribution in [3.63, 3.8) is 0 Å². The topological polar surface area (TPSA) is 84.8 Å². The van der Waals surface area contributed by atoms with Gasteiger partial charge in [0.15, 0.2) is 5.16 Å². The number of nitro groups is 1. The van der Waals surface area contributed by atoms with Crippen LogP contribution in [0.3, 0.4) is 0 Å². The summed E-state index contributed by atoms with van der Waals surface area (Å²) in [7, 11) is 1.81. The Kier molecular flexibility index (Phi) is 3.30. The number of imidazole rings is 1. The molecule has 2 aromatic rings. The monoisotopic (exact) mass is 260 g/mol. The average molecular weight is 260 g/mol. The van der Waals surface area contributed by atoms with Crippen molar-refractivity contribution in [3.05, 3.63) is 46.3 Å². The van der Waals surface area contributed by atoms with Crippen LogP contribution in [-0.4, -0.2) is 14.5 Å². The Morgan fingerprint density at radius 3 is 2.89 bits per heavy atom. The molecule has 0 spiro atoms. The summed E-state index contributed by atoms with van der Waals surface area (Å²) in [6.07, 6.45) is 3.38. The summed E-state index contributed by atoms with van der Waals surface area (Å²) >= 11 is 1.20. The molecule has 0 saturated carbocycles. The third-order valence-corrected chi connectivity index (χ3v) is 3.40. The van der Waals surface area contributed by atoms with Gasteiger partial charge in [0.05, 0.1) is 21.5 Å². The lowest BCUT2D eigenvalue weighted by Gasteiger charge is -2.03. The smallest absolute Gasteiger partial charge is 0.284 e. The number of nitriles is 1. The van der Waals surface area contributed by atoms with Crippen LogP contribution in [0.2, 0.25) is 0 Å². The van der Waals surface area contributed by atoms with Gasteiger partial charge in [0.1, 0.15) is 0 Å². The molecule has 0 N–H and O–H groups in total. The highest BCUT2D eigenvalue weighted by atomic mass is 32.2. The second-order valence-corrected chi connectivity index (χ2v) is 4.48. The number of nitro benzene ring substituents is 1. The zero-order valence-corrected chi connectivity index (χ0v) is 10.2. The van der Waals surface area contributed by atoms with E-state index in [9.17, 15) is 10.1 Å². The molecule has 0 aliphatic carbocycles. The van der Waals surface area contributed by atoms with Crippen molar-refractivity contribution < 1.29 is 4.92 Å². The Labute approximate surface area is 107 Å². The van der Waals surface area contributed by atoms with Crippen LogP contribution in [0.1, 0.15) is 5.56 Å². The van der Waals surface area contributed by atoms with E-state index in [4.69, 9.17) is 5.26 Å². The minimum atomic E-state index is -0.494. The first-order chi connectivity index (χ1) is 8.61. The fourth-order valence-electron chi connectivity index (χ4n) is 1.36. The van der Waals surface area contributed by atoms with Crippen molar-refractivity contribution in [1.29, 1.82) is 5.26 Å². The molecular formula is C11H8N4O2S. The predicted octanol–water partition coefficient (Wildman–Crippen LogP) is 2.35. The first kappa shape index (κ1) is 12.1. The van der Waals surface area contributed by atoms with Crippen LogP contribution in [0, 0.1) is 21.4 Å². The van der Waals surface area contributed by atoms with Crippen molar-refractivity contribution in [2.45, 2.75) is 10.1 Å². The molecule has 2 rings (SSSR count). The molecule has 18 heavy (non-hydrogen) atoms. The number of hydrogen-bond donors (Lipinski definition) is 0. The van der Waals surface area contributed by atoms with Gasteiger partial charge >= 0.3 is 0 Å². The molecule has 0 radical (unpaired) electrons. The zero-order chi connectivity index (χ0) is 13.1. The predicted molar refractivity (Wildman–Crippen MR) is 65.1 cm³/mol. The summed E-state index contributed by atoms with van der Waals surface area (Å²) in [5, 5.41) is 20.4. The SMILES string of the molecule is Cn1ccnc1Sc1ccc(C#N)cc1[N+](=O)[O-]. The van der Waals surface area contributed by atoms with Crippen molar-refractivity contribution in [1.82, 2.24) is 9.55 Å². The number of aryl methyl sites for hydroxylation is 1. The van der Waals surface area contributed by atoms with E-state index >= 15 is 0 Å². The van der Waals surface area contributed by atoms with E-state index in [-0.39, 0.29) is 11.3 Å².